The minimum Gasteiger partial charge on any atom is -0.480 e. The quantitative estimate of drug-likeness (QED) is 0.455. The van der Waals surface area contributed by atoms with Crippen LogP contribution in [-0.2, 0) is 14.3 Å². The van der Waals surface area contributed by atoms with E-state index in [4.69, 9.17) is 9.84 Å². The molecule has 0 aromatic carbocycles. The Labute approximate surface area is 130 Å². The van der Waals surface area contributed by atoms with E-state index in [1.807, 2.05) is 0 Å². The maximum atomic E-state index is 11.5. The first kappa shape index (κ1) is 19.9. The molecule has 1 atom stereocenters. The molecule has 126 valence electrons. The normalized spacial score (nSPS) is 12.7. The second kappa shape index (κ2) is 9.75. The number of nitrogens with one attached hydrogen (secondary N) is 2. The van der Waals surface area contributed by atoms with Crippen molar-refractivity contribution in [2.24, 2.45) is 4.99 Å². The number of ether oxygens (including phenoxy) is 1. The summed E-state index contributed by atoms with van der Waals surface area (Å²) < 4.78 is 5.01. The molecule has 0 rings (SSSR count). The van der Waals surface area contributed by atoms with Gasteiger partial charge in [0.15, 0.2) is 0 Å². The molecule has 0 saturated carbocycles. The third-order valence-electron chi connectivity index (χ3n) is 2.45. The molecule has 8 heteroatoms. The van der Waals surface area contributed by atoms with Crippen LogP contribution < -0.4 is 10.6 Å². The lowest BCUT2D eigenvalue weighted by Crippen LogP contribution is -2.43. The summed E-state index contributed by atoms with van der Waals surface area (Å²) in [5, 5.41) is 13.8. The van der Waals surface area contributed by atoms with E-state index in [2.05, 4.69) is 15.6 Å². The molecule has 0 heterocycles. The van der Waals surface area contributed by atoms with E-state index in [-0.39, 0.29) is 18.7 Å². The number of nitrogens with zero attached hydrogens (tertiary/aromatic N) is 1. The van der Waals surface area contributed by atoms with Crippen molar-refractivity contribution in [3.63, 3.8) is 0 Å². The largest absolute Gasteiger partial charge is 0.480 e. The Kier molecular flexibility index (Phi) is 8.81. The van der Waals surface area contributed by atoms with E-state index in [0.717, 1.165) is 0 Å². The smallest absolute Gasteiger partial charge is 0.408 e. The second-order valence-corrected chi connectivity index (χ2v) is 5.65. The molecule has 0 aromatic heterocycles. The van der Waals surface area contributed by atoms with Crippen molar-refractivity contribution in [3.8, 4) is 0 Å². The summed E-state index contributed by atoms with van der Waals surface area (Å²) in [7, 11) is 1.54. The first-order valence-electron chi connectivity index (χ1n) is 7.07. The van der Waals surface area contributed by atoms with Gasteiger partial charge in [0.1, 0.15) is 11.6 Å². The molecule has 0 aromatic rings. The number of rotatable bonds is 8. The topological polar surface area (TPSA) is 117 Å². The van der Waals surface area contributed by atoms with Gasteiger partial charge in [-0.15, -0.1) is 0 Å². The molecule has 0 aliphatic rings. The fourth-order valence-corrected chi connectivity index (χ4v) is 1.43. The highest BCUT2D eigenvalue weighted by Gasteiger charge is 2.23. The van der Waals surface area contributed by atoms with Crippen LogP contribution in [0.4, 0.5) is 4.79 Å². The van der Waals surface area contributed by atoms with E-state index in [1.54, 1.807) is 20.8 Å². The summed E-state index contributed by atoms with van der Waals surface area (Å²) in [6.07, 6.45) is 1.61. The Bertz CT molecular complexity index is 415. The van der Waals surface area contributed by atoms with E-state index in [9.17, 15) is 14.4 Å². The van der Waals surface area contributed by atoms with Crippen molar-refractivity contribution >= 4 is 24.2 Å². The molecule has 2 amide bonds. The third kappa shape index (κ3) is 10.6. The van der Waals surface area contributed by atoms with Gasteiger partial charge in [-0.25, -0.2) is 9.59 Å². The van der Waals surface area contributed by atoms with Crippen molar-refractivity contribution in [2.75, 3.05) is 13.6 Å². The fourth-order valence-electron chi connectivity index (χ4n) is 1.43. The molecule has 0 saturated heterocycles. The number of carboxylic acids is 1. The maximum absolute atomic E-state index is 11.5. The zero-order valence-electron chi connectivity index (χ0n) is 13.5. The van der Waals surface area contributed by atoms with Crippen LogP contribution in [0, 0.1) is 0 Å². The van der Waals surface area contributed by atoms with Crippen molar-refractivity contribution in [2.45, 2.75) is 51.7 Å². The number of hydrogen-bond donors (Lipinski definition) is 3. The highest BCUT2D eigenvalue weighted by Crippen LogP contribution is 2.07. The Hall–Kier alpha value is -2.12. The van der Waals surface area contributed by atoms with Gasteiger partial charge >= 0.3 is 12.1 Å². The van der Waals surface area contributed by atoms with Gasteiger partial charge in [-0.3, -0.25) is 9.79 Å². The summed E-state index contributed by atoms with van der Waals surface area (Å²) in [4.78, 5) is 37.6. The lowest BCUT2D eigenvalue weighted by Gasteiger charge is -2.21. The van der Waals surface area contributed by atoms with Crippen LogP contribution in [0.5, 0.6) is 0 Å². The van der Waals surface area contributed by atoms with Gasteiger partial charge in [-0.2, -0.15) is 0 Å². The number of alkyl carbamates (subject to hydrolysis) is 1. The molecule has 1 unspecified atom stereocenters. The van der Waals surface area contributed by atoms with Gasteiger partial charge in [0, 0.05) is 19.8 Å². The minimum absolute atomic E-state index is 0.140. The standard InChI is InChI=1S/C14H25N3O5/c1-14(2,3)22-13(21)17-10(12(19)20)6-5-8-16-9-7-11(18)15-4/h9-10H,5-8H2,1-4H3,(H,15,18)(H,17,21)(H,19,20). The predicted molar refractivity (Wildman–Crippen MR) is 82.1 cm³/mol. The maximum Gasteiger partial charge on any atom is 0.408 e. The first-order valence-corrected chi connectivity index (χ1v) is 7.07. The zero-order valence-corrected chi connectivity index (χ0v) is 13.5. The number of carbonyl (C=O) groups excluding carboxylic acids is 2. The van der Waals surface area contributed by atoms with Crippen molar-refractivity contribution in [3.05, 3.63) is 0 Å². The van der Waals surface area contributed by atoms with E-state index >= 15 is 0 Å². The summed E-state index contributed by atoms with van der Waals surface area (Å²) in [6, 6.07) is -1.02. The fraction of sp³-hybridized carbons (Fsp3) is 0.714. The summed E-state index contributed by atoms with van der Waals surface area (Å²) in [6.45, 7) is 5.48. The number of aliphatic imine (C=N–C) groups is 1. The van der Waals surface area contributed by atoms with Gasteiger partial charge < -0.3 is 20.5 Å². The van der Waals surface area contributed by atoms with E-state index in [1.165, 1.54) is 13.3 Å². The minimum atomic E-state index is -1.12. The molecular formula is C14H25N3O5. The summed E-state index contributed by atoms with van der Waals surface area (Å²) >= 11 is 0. The van der Waals surface area contributed by atoms with Crippen LogP contribution in [0.15, 0.2) is 4.99 Å². The molecule has 0 aliphatic heterocycles. The molecular weight excluding hydrogens is 290 g/mol. The van der Waals surface area contributed by atoms with E-state index < -0.39 is 23.7 Å². The molecule has 22 heavy (non-hydrogen) atoms. The lowest BCUT2D eigenvalue weighted by atomic mass is 10.1. The Morgan fingerprint density at radius 3 is 2.45 bits per heavy atom. The number of hydrogen-bond acceptors (Lipinski definition) is 5. The molecule has 0 radical (unpaired) electrons. The average molecular weight is 315 g/mol. The van der Waals surface area contributed by atoms with Crippen LogP contribution in [0.3, 0.4) is 0 Å². The second-order valence-electron chi connectivity index (χ2n) is 5.65. The van der Waals surface area contributed by atoms with E-state index in [0.29, 0.717) is 13.0 Å². The number of aliphatic carboxylic acids is 1. The third-order valence-corrected chi connectivity index (χ3v) is 2.45. The predicted octanol–water partition coefficient (Wildman–Crippen LogP) is 0.951. The van der Waals surface area contributed by atoms with Crippen molar-refractivity contribution < 1.29 is 24.2 Å². The van der Waals surface area contributed by atoms with Gasteiger partial charge in [-0.1, -0.05) is 0 Å². The molecule has 0 fully saturated rings. The van der Waals surface area contributed by atoms with Crippen molar-refractivity contribution in [1.82, 2.24) is 10.6 Å². The van der Waals surface area contributed by atoms with Gasteiger partial charge in [-0.05, 0) is 33.6 Å². The zero-order chi connectivity index (χ0) is 17.2. The average Bonchev–Trinajstić information content (AvgIpc) is 2.38. The van der Waals surface area contributed by atoms with Crippen LogP contribution in [0.25, 0.3) is 0 Å². The SMILES string of the molecule is CNC(=O)CC=NCCCC(NC(=O)OC(C)(C)C)C(=O)O. The Morgan fingerprint density at radius 1 is 1.32 bits per heavy atom. The number of carbonyl (C=O) groups is 3. The summed E-state index contributed by atoms with van der Waals surface area (Å²) in [5.41, 5.74) is -0.683. The highest BCUT2D eigenvalue weighted by molar-refractivity contribution is 5.89. The number of carboxylic acid groups (broad SMARTS) is 1. The van der Waals surface area contributed by atoms with Crippen LogP contribution >= 0.6 is 0 Å². The lowest BCUT2D eigenvalue weighted by molar-refractivity contribution is -0.139. The van der Waals surface area contributed by atoms with Gasteiger partial charge in [0.25, 0.3) is 0 Å². The molecule has 3 N–H and O–H groups in total. The van der Waals surface area contributed by atoms with Crippen molar-refractivity contribution in [1.29, 1.82) is 0 Å². The monoisotopic (exact) mass is 315 g/mol. The van der Waals surface area contributed by atoms with Crippen LogP contribution in [0.1, 0.15) is 40.0 Å². The van der Waals surface area contributed by atoms with Crippen LogP contribution in [0.2, 0.25) is 0 Å². The molecule has 8 nitrogen and oxygen atoms in total. The number of amides is 2. The first-order chi connectivity index (χ1) is 10.2. The molecule has 0 spiro atoms. The van der Waals surface area contributed by atoms with Gasteiger partial charge in [0.2, 0.25) is 5.91 Å². The molecule has 0 aliphatic carbocycles. The Balaban J connectivity index is 4.13. The Morgan fingerprint density at radius 2 is 1.95 bits per heavy atom. The molecule has 0 bridgehead atoms. The van der Waals surface area contributed by atoms with Gasteiger partial charge in [0.05, 0.1) is 6.42 Å². The highest BCUT2D eigenvalue weighted by atomic mass is 16.6. The van der Waals surface area contributed by atoms with Crippen LogP contribution in [-0.4, -0.2) is 54.5 Å². The summed E-state index contributed by atoms with van der Waals surface area (Å²) in [5.74, 6) is -1.26.